The van der Waals surface area contributed by atoms with Gasteiger partial charge in [0.25, 0.3) is 0 Å². The fraction of sp³-hybridized carbons (Fsp3) is 0.667. The van der Waals surface area contributed by atoms with E-state index < -0.39 is 0 Å². The molecule has 3 heteroatoms. The van der Waals surface area contributed by atoms with Crippen LogP contribution < -0.4 is 0 Å². The smallest absolute Gasteiger partial charge is 0.168 e. The largest absolute Gasteiger partial charge is 0.491 e. The lowest BCUT2D eigenvalue weighted by atomic mass is 9.92. The summed E-state index contributed by atoms with van der Waals surface area (Å²) in [5.74, 6) is 0.360. The molecule has 1 spiro atoms. The van der Waals surface area contributed by atoms with Gasteiger partial charge < -0.3 is 14.2 Å². The first kappa shape index (κ1) is 10.7. The fourth-order valence-corrected chi connectivity index (χ4v) is 2.20. The van der Waals surface area contributed by atoms with Gasteiger partial charge in [0.15, 0.2) is 5.79 Å². The van der Waals surface area contributed by atoms with E-state index in [0.29, 0.717) is 5.76 Å². The van der Waals surface area contributed by atoms with Crippen LogP contribution in [0.4, 0.5) is 0 Å². The summed E-state index contributed by atoms with van der Waals surface area (Å²) in [4.78, 5) is 0. The maximum absolute atomic E-state index is 5.64. The Bertz CT molecular complexity index is 244. The Hall–Kier alpha value is -0.800. The summed E-state index contributed by atoms with van der Waals surface area (Å²) in [6.07, 6.45) is 5.66. The van der Waals surface area contributed by atoms with Crippen LogP contribution in [0.1, 0.15) is 25.7 Å². The lowest BCUT2D eigenvalue weighted by Crippen LogP contribution is -2.37. The van der Waals surface area contributed by atoms with E-state index in [4.69, 9.17) is 14.2 Å². The monoisotopic (exact) mass is 210 g/mol. The Morgan fingerprint density at radius 1 is 1.27 bits per heavy atom. The van der Waals surface area contributed by atoms with Crippen molar-refractivity contribution in [2.75, 3.05) is 13.2 Å². The fourth-order valence-electron chi connectivity index (χ4n) is 2.20. The lowest BCUT2D eigenvalue weighted by Gasteiger charge is -2.35. The molecule has 1 saturated carbocycles. The van der Waals surface area contributed by atoms with Crippen molar-refractivity contribution in [2.45, 2.75) is 37.6 Å². The molecule has 2 rings (SSSR count). The first-order valence-electron chi connectivity index (χ1n) is 5.50. The van der Waals surface area contributed by atoms with Gasteiger partial charge in [-0.05, 0) is 18.9 Å². The molecule has 3 nitrogen and oxygen atoms in total. The molecule has 0 atom stereocenters. The number of hydrogen-bond donors (Lipinski definition) is 0. The second-order valence-electron chi connectivity index (χ2n) is 4.10. The van der Waals surface area contributed by atoms with Crippen LogP contribution in [0.25, 0.3) is 0 Å². The molecule has 2 fully saturated rings. The zero-order valence-electron chi connectivity index (χ0n) is 9.04. The molecule has 0 aromatic carbocycles. The average Bonchev–Trinajstić information content (AvgIpc) is 2.70. The first-order chi connectivity index (χ1) is 7.24. The van der Waals surface area contributed by atoms with Gasteiger partial charge in [0.2, 0.25) is 0 Å². The van der Waals surface area contributed by atoms with E-state index >= 15 is 0 Å². The van der Waals surface area contributed by atoms with E-state index in [1.54, 1.807) is 6.08 Å². The molecule has 0 aromatic heterocycles. The Kier molecular flexibility index (Phi) is 3.12. The summed E-state index contributed by atoms with van der Waals surface area (Å²) in [5.41, 5.74) is 0. The van der Waals surface area contributed by atoms with Crippen molar-refractivity contribution in [1.29, 1.82) is 0 Å². The van der Waals surface area contributed by atoms with Gasteiger partial charge in [-0.25, -0.2) is 0 Å². The molecular formula is C12H18O3. The normalized spacial score (nSPS) is 25.3. The molecule has 1 saturated heterocycles. The van der Waals surface area contributed by atoms with Crippen molar-refractivity contribution in [3.8, 4) is 0 Å². The van der Waals surface area contributed by atoms with Crippen LogP contribution in [0, 0.1) is 0 Å². The highest BCUT2D eigenvalue weighted by atomic mass is 16.7. The third kappa shape index (κ3) is 2.41. The number of allylic oxidation sites excluding steroid dienone is 1. The average molecular weight is 210 g/mol. The summed E-state index contributed by atoms with van der Waals surface area (Å²) in [7, 11) is 0. The van der Waals surface area contributed by atoms with E-state index in [0.717, 1.165) is 38.9 Å². The highest BCUT2D eigenvalue weighted by Crippen LogP contribution is 2.37. The molecule has 1 aliphatic carbocycles. The molecule has 1 heterocycles. The molecule has 2 aliphatic rings. The number of rotatable bonds is 3. The third-order valence-corrected chi connectivity index (χ3v) is 3.05. The lowest BCUT2D eigenvalue weighted by molar-refractivity contribution is -0.188. The van der Waals surface area contributed by atoms with Gasteiger partial charge in [0.05, 0.1) is 19.3 Å². The Morgan fingerprint density at radius 2 is 1.87 bits per heavy atom. The molecule has 0 bridgehead atoms. The minimum absolute atomic E-state index is 0.244. The summed E-state index contributed by atoms with van der Waals surface area (Å²) < 4.78 is 16.9. The zero-order valence-corrected chi connectivity index (χ0v) is 9.04. The van der Waals surface area contributed by atoms with E-state index in [9.17, 15) is 0 Å². The van der Waals surface area contributed by atoms with Gasteiger partial charge >= 0.3 is 0 Å². The Morgan fingerprint density at radius 3 is 2.40 bits per heavy atom. The molecule has 0 aromatic rings. The van der Waals surface area contributed by atoms with E-state index in [1.165, 1.54) is 0 Å². The first-order valence-corrected chi connectivity index (χ1v) is 5.50. The second-order valence-corrected chi connectivity index (χ2v) is 4.10. The van der Waals surface area contributed by atoms with E-state index in [2.05, 4.69) is 13.2 Å². The van der Waals surface area contributed by atoms with Gasteiger partial charge in [0.1, 0.15) is 5.76 Å². The highest BCUT2D eigenvalue weighted by molar-refractivity contribution is 5.03. The minimum Gasteiger partial charge on any atom is -0.491 e. The van der Waals surface area contributed by atoms with Crippen molar-refractivity contribution < 1.29 is 14.2 Å². The van der Waals surface area contributed by atoms with Crippen LogP contribution in [0.3, 0.4) is 0 Å². The summed E-state index contributed by atoms with van der Waals surface area (Å²) in [5, 5.41) is 0. The predicted octanol–water partition coefficient (Wildman–Crippen LogP) is 2.39. The maximum atomic E-state index is 5.64. The predicted molar refractivity (Wildman–Crippen MR) is 57.3 cm³/mol. The molecule has 84 valence electrons. The summed E-state index contributed by atoms with van der Waals surface area (Å²) in [6, 6.07) is 0. The van der Waals surface area contributed by atoms with Gasteiger partial charge in [0, 0.05) is 12.8 Å². The van der Waals surface area contributed by atoms with Crippen LogP contribution >= 0.6 is 0 Å². The topological polar surface area (TPSA) is 27.7 Å². The maximum Gasteiger partial charge on any atom is 0.168 e. The van der Waals surface area contributed by atoms with Crippen molar-refractivity contribution in [1.82, 2.24) is 0 Å². The van der Waals surface area contributed by atoms with E-state index in [-0.39, 0.29) is 11.9 Å². The van der Waals surface area contributed by atoms with Gasteiger partial charge in [-0.2, -0.15) is 0 Å². The number of ether oxygens (including phenoxy) is 3. The van der Waals surface area contributed by atoms with Crippen LogP contribution in [0.5, 0.6) is 0 Å². The molecule has 0 amide bonds. The minimum atomic E-state index is -0.296. The molecule has 0 unspecified atom stereocenters. The van der Waals surface area contributed by atoms with Crippen molar-refractivity contribution >= 4 is 0 Å². The molecule has 0 N–H and O–H groups in total. The van der Waals surface area contributed by atoms with E-state index in [1.807, 2.05) is 0 Å². The third-order valence-electron chi connectivity index (χ3n) is 3.05. The highest BCUT2D eigenvalue weighted by Gasteiger charge is 2.40. The van der Waals surface area contributed by atoms with Crippen LogP contribution in [-0.2, 0) is 14.2 Å². The van der Waals surface area contributed by atoms with Gasteiger partial charge in [-0.1, -0.05) is 13.2 Å². The Labute approximate surface area is 90.7 Å². The van der Waals surface area contributed by atoms with Crippen LogP contribution in [0.2, 0.25) is 0 Å². The van der Waals surface area contributed by atoms with Crippen molar-refractivity contribution in [2.24, 2.45) is 0 Å². The molecular weight excluding hydrogens is 192 g/mol. The number of hydrogen-bond acceptors (Lipinski definition) is 3. The van der Waals surface area contributed by atoms with Crippen molar-refractivity contribution in [3.63, 3.8) is 0 Å². The molecule has 1 aliphatic heterocycles. The van der Waals surface area contributed by atoms with Crippen molar-refractivity contribution in [3.05, 3.63) is 25.0 Å². The zero-order chi connectivity index (χ0) is 10.7. The molecule has 0 radical (unpaired) electrons. The standard InChI is InChI=1S/C12H18O3/c1-3-10(2)15-11-4-6-12(7-5-11)13-8-9-14-12/h3,11H,1-2,4-9H2. The van der Waals surface area contributed by atoms with Gasteiger partial charge in [-0.3, -0.25) is 0 Å². The summed E-state index contributed by atoms with van der Waals surface area (Å²) in [6.45, 7) is 8.83. The second kappa shape index (κ2) is 4.37. The van der Waals surface area contributed by atoms with Crippen LogP contribution in [-0.4, -0.2) is 25.1 Å². The Balaban J connectivity index is 1.81. The van der Waals surface area contributed by atoms with Gasteiger partial charge in [-0.15, -0.1) is 0 Å². The van der Waals surface area contributed by atoms with Crippen LogP contribution in [0.15, 0.2) is 25.0 Å². The summed E-state index contributed by atoms with van der Waals surface area (Å²) >= 11 is 0. The quantitative estimate of drug-likeness (QED) is 0.529. The SMILES string of the molecule is C=CC(=C)OC1CCC2(CC1)OCCO2. The molecule has 15 heavy (non-hydrogen) atoms.